The van der Waals surface area contributed by atoms with E-state index in [1.54, 1.807) is 7.11 Å². The van der Waals surface area contributed by atoms with E-state index < -0.39 is 0 Å². The lowest BCUT2D eigenvalue weighted by Crippen LogP contribution is -2.38. The van der Waals surface area contributed by atoms with Crippen molar-refractivity contribution in [3.63, 3.8) is 0 Å². The molecule has 1 aromatic rings. The zero-order valence-electron chi connectivity index (χ0n) is 13.7. The highest BCUT2D eigenvalue weighted by Gasteiger charge is 2.29. The molecule has 0 atom stereocenters. The van der Waals surface area contributed by atoms with Gasteiger partial charge in [-0.3, -0.25) is 9.59 Å². The minimum atomic E-state index is 0.0294. The summed E-state index contributed by atoms with van der Waals surface area (Å²) in [5, 5.41) is 5.88. The van der Waals surface area contributed by atoms with E-state index in [0.29, 0.717) is 19.7 Å². The van der Waals surface area contributed by atoms with Gasteiger partial charge in [-0.05, 0) is 31.2 Å². The molecule has 1 fully saturated rings. The molecule has 5 nitrogen and oxygen atoms in total. The molecule has 0 bridgehead atoms. The second kappa shape index (κ2) is 9.30. The number of rotatable bonds is 7. The van der Waals surface area contributed by atoms with Crippen LogP contribution in [0.25, 0.3) is 0 Å². The summed E-state index contributed by atoms with van der Waals surface area (Å²) >= 11 is 0. The zero-order chi connectivity index (χ0) is 16.5. The number of benzene rings is 1. The summed E-state index contributed by atoms with van der Waals surface area (Å²) in [7, 11) is 1.62. The van der Waals surface area contributed by atoms with E-state index in [2.05, 4.69) is 10.6 Å². The first-order valence-corrected chi connectivity index (χ1v) is 8.29. The summed E-state index contributed by atoms with van der Waals surface area (Å²) in [5.41, 5.74) is 1.10. The minimum Gasteiger partial charge on any atom is -0.383 e. The average molecular weight is 318 g/mol. The van der Waals surface area contributed by atoms with E-state index in [1.807, 2.05) is 30.3 Å². The van der Waals surface area contributed by atoms with Crippen molar-refractivity contribution in [2.75, 3.05) is 20.3 Å². The Balaban J connectivity index is 1.69. The first-order valence-electron chi connectivity index (χ1n) is 8.29. The van der Waals surface area contributed by atoms with Crippen LogP contribution in [0.4, 0.5) is 0 Å². The van der Waals surface area contributed by atoms with Crippen LogP contribution in [0.3, 0.4) is 0 Å². The van der Waals surface area contributed by atoms with Gasteiger partial charge in [0.05, 0.1) is 6.61 Å². The molecule has 2 N–H and O–H groups in total. The predicted octanol–water partition coefficient (Wildman–Crippen LogP) is 1.87. The maximum Gasteiger partial charge on any atom is 0.223 e. The van der Waals surface area contributed by atoms with Gasteiger partial charge in [0.1, 0.15) is 0 Å². The highest BCUT2D eigenvalue weighted by molar-refractivity contribution is 5.81. The van der Waals surface area contributed by atoms with Crippen molar-refractivity contribution in [3.8, 4) is 0 Å². The molecule has 23 heavy (non-hydrogen) atoms. The standard InChI is InChI=1S/C18H26N2O3/c1-23-12-11-19-17(21)15-7-9-16(10-8-15)18(22)20-13-14-5-3-2-4-6-14/h2-6,15-16H,7-13H2,1H3,(H,19,21)(H,20,22). The minimum absolute atomic E-state index is 0.0294. The van der Waals surface area contributed by atoms with Gasteiger partial charge in [0.25, 0.3) is 0 Å². The molecular weight excluding hydrogens is 292 g/mol. The van der Waals surface area contributed by atoms with Crippen LogP contribution in [-0.4, -0.2) is 32.1 Å². The second-order valence-corrected chi connectivity index (χ2v) is 6.04. The van der Waals surface area contributed by atoms with Crippen LogP contribution in [0.5, 0.6) is 0 Å². The Kier molecular flexibility index (Phi) is 7.07. The van der Waals surface area contributed by atoms with Crippen molar-refractivity contribution in [1.29, 1.82) is 0 Å². The fraction of sp³-hybridized carbons (Fsp3) is 0.556. The maximum absolute atomic E-state index is 12.2. The molecule has 0 spiro atoms. The Bertz CT molecular complexity index is 496. The Labute approximate surface area is 137 Å². The highest BCUT2D eigenvalue weighted by atomic mass is 16.5. The molecule has 1 saturated carbocycles. The third-order valence-corrected chi connectivity index (χ3v) is 4.38. The van der Waals surface area contributed by atoms with Gasteiger partial charge in [-0.2, -0.15) is 0 Å². The lowest BCUT2D eigenvalue weighted by Gasteiger charge is -2.27. The molecule has 2 rings (SSSR count). The zero-order valence-corrected chi connectivity index (χ0v) is 13.7. The molecule has 1 aromatic carbocycles. The summed E-state index contributed by atoms with van der Waals surface area (Å²) in [6, 6.07) is 9.90. The van der Waals surface area contributed by atoms with Gasteiger partial charge < -0.3 is 15.4 Å². The maximum atomic E-state index is 12.2. The molecule has 1 aliphatic carbocycles. The largest absolute Gasteiger partial charge is 0.383 e. The van der Waals surface area contributed by atoms with Crippen LogP contribution in [-0.2, 0) is 20.9 Å². The number of ether oxygens (including phenoxy) is 1. The van der Waals surface area contributed by atoms with Gasteiger partial charge in [0, 0.05) is 32.0 Å². The van der Waals surface area contributed by atoms with Crippen molar-refractivity contribution >= 4 is 11.8 Å². The quantitative estimate of drug-likeness (QED) is 0.754. The van der Waals surface area contributed by atoms with Crippen LogP contribution in [0.2, 0.25) is 0 Å². The Morgan fingerprint density at radius 1 is 1.00 bits per heavy atom. The molecule has 126 valence electrons. The van der Waals surface area contributed by atoms with Crippen molar-refractivity contribution in [1.82, 2.24) is 10.6 Å². The third kappa shape index (κ3) is 5.67. The SMILES string of the molecule is COCCNC(=O)C1CCC(C(=O)NCc2ccccc2)CC1. The number of hydrogen-bond donors (Lipinski definition) is 2. The Morgan fingerprint density at radius 2 is 1.57 bits per heavy atom. The molecular formula is C18H26N2O3. The van der Waals surface area contributed by atoms with E-state index >= 15 is 0 Å². The van der Waals surface area contributed by atoms with E-state index in [1.165, 1.54) is 0 Å². The lowest BCUT2D eigenvalue weighted by atomic mass is 9.81. The molecule has 0 unspecified atom stereocenters. The number of amides is 2. The first kappa shape index (κ1) is 17.5. The van der Waals surface area contributed by atoms with E-state index in [9.17, 15) is 9.59 Å². The monoisotopic (exact) mass is 318 g/mol. The van der Waals surface area contributed by atoms with Crippen molar-refractivity contribution in [3.05, 3.63) is 35.9 Å². The van der Waals surface area contributed by atoms with Crippen molar-refractivity contribution < 1.29 is 14.3 Å². The molecule has 2 amide bonds. The summed E-state index contributed by atoms with van der Waals surface area (Å²) in [5.74, 6) is 0.254. The van der Waals surface area contributed by atoms with Crippen molar-refractivity contribution in [2.24, 2.45) is 11.8 Å². The molecule has 5 heteroatoms. The lowest BCUT2D eigenvalue weighted by molar-refractivity contribution is -0.130. The first-order chi connectivity index (χ1) is 11.2. The van der Waals surface area contributed by atoms with Crippen molar-refractivity contribution in [2.45, 2.75) is 32.2 Å². The molecule has 0 aliphatic heterocycles. The van der Waals surface area contributed by atoms with Crippen LogP contribution in [0.15, 0.2) is 30.3 Å². The van der Waals surface area contributed by atoms with E-state index in [0.717, 1.165) is 31.2 Å². The van der Waals surface area contributed by atoms with Crippen LogP contribution in [0, 0.1) is 11.8 Å². The normalized spacial score (nSPS) is 20.7. The summed E-state index contributed by atoms with van der Waals surface area (Å²) in [6.07, 6.45) is 3.12. The van der Waals surface area contributed by atoms with Gasteiger partial charge in [0.15, 0.2) is 0 Å². The number of carbonyl (C=O) groups excluding carboxylic acids is 2. The molecule has 1 aliphatic rings. The van der Waals surface area contributed by atoms with Crippen LogP contribution >= 0.6 is 0 Å². The molecule has 0 saturated heterocycles. The van der Waals surface area contributed by atoms with Gasteiger partial charge in [-0.25, -0.2) is 0 Å². The van der Waals surface area contributed by atoms with Crippen LogP contribution in [0.1, 0.15) is 31.2 Å². The topological polar surface area (TPSA) is 67.4 Å². The van der Waals surface area contributed by atoms with E-state index in [-0.39, 0.29) is 23.7 Å². The highest BCUT2D eigenvalue weighted by Crippen LogP contribution is 2.29. The second-order valence-electron chi connectivity index (χ2n) is 6.04. The van der Waals surface area contributed by atoms with Gasteiger partial charge in [0.2, 0.25) is 11.8 Å². The van der Waals surface area contributed by atoms with Gasteiger partial charge in [-0.1, -0.05) is 30.3 Å². The Morgan fingerprint density at radius 3 is 2.13 bits per heavy atom. The average Bonchev–Trinajstić information content (AvgIpc) is 2.61. The number of hydrogen-bond acceptors (Lipinski definition) is 3. The number of nitrogens with one attached hydrogen (secondary N) is 2. The van der Waals surface area contributed by atoms with Crippen LogP contribution < -0.4 is 10.6 Å². The fourth-order valence-corrected chi connectivity index (χ4v) is 2.97. The predicted molar refractivity (Wildman–Crippen MR) is 88.6 cm³/mol. The Hall–Kier alpha value is -1.88. The smallest absolute Gasteiger partial charge is 0.223 e. The third-order valence-electron chi connectivity index (χ3n) is 4.38. The summed E-state index contributed by atoms with van der Waals surface area (Å²) in [4.78, 5) is 24.2. The molecule has 0 heterocycles. The van der Waals surface area contributed by atoms with E-state index in [4.69, 9.17) is 4.74 Å². The van der Waals surface area contributed by atoms with Gasteiger partial charge >= 0.3 is 0 Å². The fourth-order valence-electron chi connectivity index (χ4n) is 2.97. The summed E-state index contributed by atoms with van der Waals surface area (Å²) in [6.45, 7) is 1.65. The number of methoxy groups -OCH3 is 1. The number of carbonyl (C=O) groups is 2. The summed E-state index contributed by atoms with van der Waals surface area (Å²) < 4.78 is 4.92. The molecule has 0 aromatic heterocycles. The molecule has 0 radical (unpaired) electrons. The van der Waals surface area contributed by atoms with Gasteiger partial charge in [-0.15, -0.1) is 0 Å².